The number of amides is 3. The molecule has 2 bridgehead atoms. The van der Waals surface area contributed by atoms with Gasteiger partial charge in [-0.1, -0.05) is 41.9 Å². The van der Waals surface area contributed by atoms with Crippen LogP contribution >= 0.6 is 15.9 Å². The number of hydrogen-bond donors (Lipinski definition) is 1. The molecule has 4 fully saturated rings. The molecule has 0 aromatic carbocycles. The molecule has 0 aliphatic carbocycles. The number of carbonyl (C=O) groups excluding carboxylic acids is 3. The number of hydrogen-bond acceptors (Lipinski definition) is 7. The van der Waals surface area contributed by atoms with E-state index in [1.807, 2.05) is 13.8 Å². The van der Waals surface area contributed by atoms with Crippen LogP contribution in [0.15, 0.2) is 25.3 Å². The van der Waals surface area contributed by atoms with E-state index in [9.17, 15) is 19.5 Å². The molecule has 3 unspecified atom stereocenters. The summed E-state index contributed by atoms with van der Waals surface area (Å²) in [5, 5.41) is 10.3. The molecule has 4 aliphatic heterocycles. The fraction of sp³-hybridized carbons (Fsp3) is 0.759. The van der Waals surface area contributed by atoms with Gasteiger partial charge in [-0.05, 0) is 19.3 Å². The van der Waals surface area contributed by atoms with Gasteiger partial charge in [0.25, 0.3) is 0 Å². The van der Waals surface area contributed by atoms with Gasteiger partial charge >= 0.3 is 0 Å². The Morgan fingerprint density at radius 2 is 1.80 bits per heavy atom. The number of carbonyl (C=O) groups is 3. The first kappa shape index (κ1) is 31.2. The molecule has 40 heavy (non-hydrogen) atoms. The van der Waals surface area contributed by atoms with E-state index >= 15 is 0 Å². The van der Waals surface area contributed by atoms with Crippen LogP contribution in [-0.2, 0) is 23.9 Å². The van der Waals surface area contributed by atoms with Gasteiger partial charge in [0.1, 0.15) is 11.6 Å². The van der Waals surface area contributed by atoms with Gasteiger partial charge in [0.05, 0.1) is 43.8 Å². The number of nitrogens with zero attached hydrogens (tertiary/aromatic N) is 4. The van der Waals surface area contributed by atoms with Crippen molar-refractivity contribution in [2.75, 3.05) is 65.6 Å². The third kappa shape index (κ3) is 5.52. The lowest BCUT2D eigenvalue weighted by Crippen LogP contribution is -2.59. The second kappa shape index (κ2) is 13.5. The van der Waals surface area contributed by atoms with Gasteiger partial charge < -0.3 is 29.3 Å². The third-order valence-corrected chi connectivity index (χ3v) is 9.77. The Labute approximate surface area is 246 Å². The Morgan fingerprint density at radius 1 is 1.15 bits per heavy atom. The molecule has 4 saturated heterocycles. The molecule has 0 radical (unpaired) electrons. The highest BCUT2D eigenvalue weighted by Gasteiger charge is 2.77. The van der Waals surface area contributed by atoms with E-state index < -0.39 is 35.6 Å². The highest BCUT2D eigenvalue weighted by Crippen LogP contribution is 2.60. The van der Waals surface area contributed by atoms with Crippen molar-refractivity contribution < 1.29 is 29.0 Å². The largest absolute Gasteiger partial charge is 0.394 e. The first-order valence-corrected chi connectivity index (χ1v) is 15.5. The van der Waals surface area contributed by atoms with Gasteiger partial charge in [0.15, 0.2) is 0 Å². The Balaban J connectivity index is 1.70. The number of aliphatic hydroxyl groups excluding tert-OH is 1. The molecule has 4 rings (SSSR count). The molecular weight excluding hydrogens is 580 g/mol. The van der Waals surface area contributed by atoms with Gasteiger partial charge in [-0.2, -0.15) is 0 Å². The van der Waals surface area contributed by atoms with Crippen LogP contribution < -0.4 is 0 Å². The maximum atomic E-state index is 14.5. The van der Waals surface area contributed by atoms with Crippen molar-refractivity contribution in [1.29, 1.82) is 0 Å². The highest BCUT2D eigenvalue weighted by molar-refractivity contribution is 9.09. The summed E-state index contributed by atoms with van der Waals surface area (Å²) in [6, 6.07) is -1.49. The second-order valence-corrected chi connectivity index (χ2v) is 12.4. The Hall–Kier alpha value is -1.79. The summed E-state index contributed by atoms with van der Waals surface area (Å²) in [6.45, 7) is 16.6. The zero-order valence-corrected chi connectivity index (χ0v) is 25.5. The van der Waals surface area contributed by atoms with Gasteiger partial charge in [0, 0.05) is 50.6 Å². The smallest absolute Gasteiger partial charge is 0.248 e. The van der Waals surface area contributed by atoms with E-state index in [2.05, 4.69) is 34.0 Å². The summed E-state index contributed by atoms with van der Waals surface area (Å²) in [5.41, 5.74) is -1.15. The molecule has 10 nitrogen and oxygen atoms in total. The Morgan fingerprint density at radius 3 is 2.38 bits per heavy atom. The molecular formula is C29H45BrN4O6. The van der Waals surface area contributed by atoms with E-state index in [0.29, 0.717) is 58.8 Å². The van der Waals surface area contributed by atoms with Crippen molar-refractivity contribution in [2.24, 2.45) is 11.8 Å². The zero-order valence-electron chi connectivity index (χ0n) is 23.9. The lowest BCUT2D eigenvalue weighted by atomic mass is 9.70. The standard InChI is InChI=1S/C29H45BrN4O6/c1-5-9-32(10-6-2)26(36)22-23-27(37)34(20(8-4)19-35)25(29(23)18-21(30)24(22)40-29)28(38)33(11-7-3)13-12-31-14-16-39-17-15-31/h5,7,20-25,35H,1,3,6,8-19H2,2,4H3/t20-,21?,22+,23-,24+,25?,29?/m0/s1. The maximum absolute atomic E-state index is 14.5. The molecule has 3 amide bonds. The van der Waals surface area contributed by atoms with Crippen molar-refractivity contribution in [1.82, 2.24) is 19.6 Å². The van der Waals surface area contributed by atoms with Gasteiger partial charge in [-0.15, -0.1) is 13.2 Å². The molecule has 4 aliphatic rings. The van der Waals surface area contributed by atoms with Crippen LogP contribution in [0.3, 0.4) is 0 Å². The maximum Gasteiger partial charge on any atom is 0.248 e. The Kier molecular flexibility index (Phi) is 10.5. The fourth-order valence-corrected chi connectivity index (χ4v) is 8.01. The van der Waals surface area contributed by atoms with Crippen LogP contribution in [0, 0.1) is 11.8 Å². The predicted molar refractivity (Wildman–Crippen MR) is 155 cm³/mol. The molecule has 0 aromatic rings. The molecule has 224 valence electrons. The number of rotatable bonds is 14. The number of aliphatic hydroxyl groups is 1. The molecule has 0 saturated carbocycles. The lowest BCUT2D eigenvalue weighted by molar-refractivity contribution is -0.152. The van der Waals surface area contributed by atoms with Crippen molar-refractivity contribution in [3.05, 3.63) is 25.3 Å². The average Bonchev–Trinajstić information content (AvgIpc) is 3.55. The number of alkyl halides is 1. The minimum Gasteiger partial charge on any atom is -0.394 e. The van der Waals surface area contributed by atoms with Crippen molar-refractivity contribution in [3.8, 4) is 0 Å². The first-order chi connectivity index (χ1) is 19.3. The summed E-state index contributed by atoms with van der Waals surface area (Å²) in [4.78, 5) is 49.9. The summed E-state index contributed by atoms with van der Waals surface area (Å²) in [6.07, 6.45) is 4.56. The highest BCUT2D eigenvalue weighted by atomic mass is 79.9. The first-order valence-electron chi connectivity index (χ1n) is 14.6. The molecule has 1 N–H and O–H groups in total. The summed E-state index contributed by atoms with van der Waals surface area (Å²) >= 11 is 3.75. The van der Waals surface area contributed by atoms with E-state index in [-0.39, 0.29) is 29.2 Å². The van der Waals surface area contributed by atoms with Crippen molar-refractivity contribution in [2.45, 2.75) is 61.7 Å². The molecule has 1 spiro atoms. The monoisotopic (exact) mass is 624 g/mol. The second-order valence-electron chi connectivity index (χ2n) is 11.3. The molecule has 0 aromatic heterocycles. The van der Waals surface area contributed by atoms with Crippen LogP contribution in [0.25, 0.3) is 0 Å². The number of likely N-dealkylation sites (tertiary alicyclic amines) is 1. The predicted octanol–water partition coefficient (Wildman–Crippen LogP) is 1.28. The van der Waals surface area contributed by atoms with Crippen LogP contribution in [0.4, 0.5) is 0 Å². The van der Waals surface area contributed by atoms with E-state index in [4.69, 9.17) is 9.47 Å². The molecule has 4 heterocycles. The topological polar surface area (TPSA) is 103 Å². The fourth-order valence-electron chi connectivity index (χ4n) is 7.07. The van der Waals surface area contributed by atoms with E-state index in [0.717, 1.165) is 19.5 Å². The average molecular weight is 626 g/mol. The number of morpholine rings is 1. The minimum absolute atomic E-state index is 0.142. The zero-order chi connectivity index (χ0) is 29.0. The minimum atomic E-state index is -1.15. The van der Waals surface area contributed by atoms with E-state index in [1.54, 1.807) is 26.9 Å². The molecule has 7 atom stereocenters. The summed E-state index contributed by atoms with van der Waals surface area (Å²) in [5.74, 6) is -2.14. The summed E-state index contributed by atoms with van der Waals surface area (Å²) < 4.78 is 12.1. The normalized spacial score (nSPS) is 32.1. The quantitative estimate of drug-likeness (QED) is 0.229. The molecule has 11 heteroatoms. The summed E-state index contributed by atoms with van der Waals surface area (Å²) in [7, 11) is 0. The number of halogens is 1. The van der Waals surface area contributed by atoms with Crippen LogP contribution in [-0.4, -0.2) is 137 Å². The van der Waals surface area contributed by atoms with Crippen molar-refractivity contribution in [3.63, 3.8) is 0 Å². The van der Waals surface area contributed by atoms with Crippen LogP contribution in [0.1, 0.15) is 33.1 Å². The number of fused-ring (bicyclic) bond motifs is 1. The SMILES string of the molecule is C=CCN(CCN1CCOCC1)C(=O)C1N([C@@H](CC)CO)C(=O)[C@@H]2[C@@H](C(=O)N(CC=C)CCC)[C@@H]3OC12CC3Br. The lowest BCUT2D eigenvalue weighted by Gasteiger charge is -2.39. The van der Waals surface area contributed by atoms with Crippen LogP contribution in [0.5, 0.6) is 0 Å². The van der Waals surface area contributed by atoms with Gasteiger partial charge in [-0.3, -0.25) is 19.3 Å². The number of ether oxygens (including phenoxy) is 2. The van der Waals surface area contributed by atoms with Gasteiger partial charge in [-0.25, -0.2) is 0 Å². The van der Waals surface area contributed by atoms with E-state index in [1.165, 1.54) is 0 Å². The Bertz CT molecular complexity index is 957. The van der Waals surface area contributed by atoms with Crippen molar-refractivity contribution >= 4 is 33.7 Å². The van der Waals surface area contributed by atoms with Crippen LogP contribution in [0.2, 0.25) is 0 Å². The third-order valence-electron chi connectivity index (χ3n) is 8.93. The van der Waals surface area contributed by atoms with Gasteiger partial charge in [0.2, 0.25) is 17.7 Å².